The lowest BCUT2D eigenvalue weighted by Crippen LogP contribution is -2.10. The van der Waals surface area contributed by atoms with E-state index in [0.29, 0.717) is 12.3 Å². The van der Waals surface area contributed by atoms with Gasteiger partial charge in [-0.15, -0.1) is 12.4 Å². The zero-order chi connectivity index (χ0) is 5.61. The molecule has 0 radical (unpaired) electrons. The van der Waals surface area contributed by atoms with E-state index in [1.807, 2.05) is 0 Å². The lowest BCUT2D eigenvalue weighted by molar-refractivity contribution is -0.120. The van der Waals surface area contributed by atoms with Crippen molar-refractivity contribution in [2.24, 2.45) is 5.41 Å². The Morgan fingerprint density at radius 2 is 2.11 bits per heavy atom. The second-order valence-electron chi connectivity index (χ2n) is 2.81. The van der Waals surface area contributed by atoms with Gasteiger partial charge in [-0.25, -0.2) is 0 Å². The zero-order valence-corrected chi connectivity index (χ0v) is 5.96. The van der Waals surface area contributed by atoms with Crippen molar-refractivity contribution in [3.05, 3.63) is 0 Å². The molecule has 2 nitrogen and oxygen atoms in total. The van der Waals surface area contributed by atoms with Gasteiger partial charge in [0, 0.05) is 12.0 Å². The third-order valence-electron chi connectivity index (χ3n) is 2.19. The standard InChI is InChI=1S/C6H9NO.ClH/c8-5-3-7-4-6(5)1-2-6;/h7H,1-4H2;1H. The SMILES string of the molecule is Cl.O=C1CNCC12CC2. The molecule has 1 saturated heterocycles. The molecule has 2 fully saturated rings. The second kappa shape index (κ2) is 1.96. The first-order chi connectivity index (χ1) is 3.83. The van der Waals surface area contributed by atoms with E-state index in [9.17, 15) is 4.79 Å². The summed E-state index contributed by atoms with van der Waals surface area (Å²) >= 11 is 0. The number of carbonyl (C=O) groups is 1. The smallest absolute Gasteiger partial charge is 0.154 e. The third kappa shape index (κ3) is 0.864. The fraction of sp³-hybridized carbons (Fsp3) is 0.833. The largest absolute Gasteiger partial charge is 0.309 e. The van der Waals surface area contributed by atoms with E-state index in [2.05, 4.69) is 5.32 Å². The van der Waals surface area contributed by atoms with E-state index in [1.54, 1.807) is 0 Å². The molecule has 1 aliphatic heterocycles. The van der Waals surface area contributed by atoms with Crippen molar-refractivity contribution in [2.45, 2.75) is 12.8 Å². The number of halogens is 1. The molecule has 52 valence electrons. The highest BCUT2D eigenvalue weighted by Crippen LogP contribution is 2.47. The summed E-state index contributed by atoms with van der Waals surface area (Å²) < 4.78 is 0. The minimum atomic E-state index is 0. The maximum absolute atomic E-state index is 10.9. The van der Waals surface area contributed by atoms with E-state index in [4.69, 9.17) is 0 Å². The predicted octanol–water partition coefficient (Wildman–Crippen LogP) is 0.361. The molecule has 0 atom stereocenters. The fourth-order valence-electron chi connectivity index (χ4n) is 1.31. The van der Waals surface area contributed by atoms with E-state index in [1.165, 1.54) is 0 Å². The number of hydrogen-bond donors (Lipinski definition) is 1. The van der Waals surface area contributed by atoms with Gasteiger partial charge in [0.15, 0.2) is 5.78 Å². The molecule has 0 amide bonds. The lowest BCUT2D eigenvalue weighted by atomic mass is 10.1. The first kappa shape index (κ1) is 7.03. The molecule has 2 rings (SSSR count). The van der Waals surface area contributed by atoms with Crippen molar-refractivity contribution < 1.29 is 4.79 Å². The van der Waals surface area contributed by atoms with Crippen LogP contribution < -0.4 is 5.32 Å². The quantitative estimate of drug-likeness (QED) is 0.536. The van der Waals surface area contributed by atoms with Crippen LogP contribution in [0.2, 0.25) is 0 Å². The molecule has 1 saturated carbocycles. The monoisotopic (exact) mass is 147 g/mol. The normalized spacial score (nSPS) is 28.2. The Morgan fingerprint density at radius 3 is 2.33 bits per heavy atom. The molecular formula is C6H10ClNO. The van der Waals surface area contributed by atoms with Crippen LogP contribution in [0.1, 0.15) is 12.8 Å². The summed E-state index contributed by atoms with van der Waals surface area (Å²) in [4.78, 5) is 10.9. The summed E-state index contributed by atoms with van der Waals surface area (Å²) in [5.41, 5.74) is 0.153. The highest BCUT2D eigenvalue weighted by molar-refractivity contribution is 5.91. The molecule has 0 aromatic heterocycles. The molecule has 1 aliphatic carbocycles. The van der Waals surface area contributed by atoms with Crippen LogP contribution >= 0.6 is 12.4 Å². The molecule has 2 aliphatic rings. The highest BCUT2D eigenvalue weighted by atomic mass is 35.5. The molecule has 1 spiro atoms. The van der Waals surface area contributed by atoms with Gasteiger partial charge >= 0.3 is 0 Å². The minimum absolute atomic E-state index is 0. The molecule has 1 N–H and O–H groups in total. The second-order valence-corrected chi connectivity index (χ2v) is 2.81. The fourth-order valence-corrected chi connectivity index (χ4v) is 1.31. The molecule has 3 heteroatoms. The summed E-state index contributed by atoms with van der Waals surface area (Å²) in [7, 11) is 0. The van der Waals surface area contributed by atoms with Gasteiger partial charge in [-0.05, 0) is 12.8 Å². The average Bonchev–Trinajstić information content (AvgIpc) is 2.39. The molecule has 0 unspecified atom stereocenters. The van der Waals surface area contributed by atoms with Gasteiger partial charge in [0.1, 0.15) is 0 Å². The summed E-state index contributed by atoms with van der Waals surface area (Å²) in [6.45, 7) is 1.58. The van der Waals surface area contributed by atoms with Gasteiger partial charge in [-0.1, -0.05) is 0 Å². The Hall–Kier alpha value is -0.0800. The van der Waals surface area contributed by atoms with Crippen LogP contribution in [0.5, 0.6) is 0 Å². The topological polar surface area (TPSA) is 29.1 Å². The van der Waals surface area contributed by atoms with Gasteiger partial charge in [-0.2, -0.15) is 0 Å². The van der Waals surface area contributed by atoms with Gasteiger partial charge in [0.25, 0.3) is 0 Å². The first-order valence-electron chi connectivity index (χ1n) is 3.08. The van der Waals surface area contributed by atoms with Crippen LogP contribution in [-0.2, 0) is 4.79 Å². The van der Waals surface area contributed by atoms with Crippen molar-refractivity contribution in [2.75, 3.05) is 13.1 Å². The van der Waals surface area contributed by atoms with Crippen LogP contribution in [0.25, 0.3) is 0 Å². The molecule has 0 aromatic carbocycles. The minimum Gasteiger partial charge on any atom is -0.309 e. The summed E-state index contributed by atoms with van der Waals surface area (Å²) in [5.74, 6) is 0.442. The van der Waals surface area contributed by atoms with E-state index in [0.717, 1.165) is 19.4 Å². The van der Waals surface area contributed by atoms with Crippen molar-refractivity contribution in [1.82, 2.24) is 5.32 Å². The Morgan fingerprint density at radius 1 is 1.44 bits per heavy atom. The van der Waals surface area contributed by atoms with Crippen LogP contribution in [0.15, 0.2) is 0 Å². The average molecular weight is 148 g/mol. The van der Waals surface area contributed by atoms with Crippen molar-refractivity contribution >= 4 is 18.2 Å². The number of Topliss-reactive ketones (excluding diaryl/α,β-unsaturated/α-hetero) is 1. The molecule has 0 aromatic rings. The van der Waals surface area contributed by atoms with E-state index < -0.39 is 0 Å². The maximum Gasteiger partial charge on any atom is 0.154 e. The maximum atomic E-state index is 10.9. The lowest BCUT2D eigenvalue weighted by Gasteiger charge is -1.95. The number of carbonyl (C=O) groups excluding carboxylic acids is 1. The first-order valence-corrected chi connectivity index (χ1v) is 3.08. The van der Waals surface area contributed by atoms with Crippen molar-refractivity contribution in [3.8, 4) is 0 Å². The molecule has 1 heterocycles. The van der Waals surface area contributed by atoms with Gasteiger partial charge in [0.05, 0.1) is 6.54 Å². The van der Waals surface area contributed by atoms with Crippen LogP contribution in [0.3, 0.4) is 0 Å². The predicted molar refractivity (Wildman–Crippen MR) is 36.8 cm³/mol. The van der Waals surface area contributed by atoms with Gasteiger partial charge in [0.2, 0.25) is 0 Å². The molecule has 0 bridgehead atoms. The zero-order valence-electron chi connectivity index (χ0n) is 5.14. The number of ketones is 1. The Kier molecular flexibility index (Phi) is 1.53. The number of rotatable bonds is 0. The van der Waals surface area contributed by atoms with Crippen LogP contribution in [0.4, 0.5) is 0 Å². The molecule has 9 heavy (non-hydrogen) atoms. The Balaban J connectivity index is 0.000000405. The van der Waals surface area contributed by atoms with E-state index >= 15 is 0 Å². The highest BCUT2D eigenvalue weighted by Gasteiger charge is 2.51. The van der Waals surface area contributed by atoms with Crippen LogP contribution in [-0.4, -0.2) is 18.9 Å². The Labute approximate surface area is 60.4 Å². The van der Waals surface area contributed by atoms with Gasteiger partial charge in [-0.3, -0.25) is 4.79 Å². The summed E-state index contributed by atoms with van der Waals surface area (Å²) in [5, 5.41) is 3.08. The third-order valence-corrected chi connectivity index (χ3v) is 2.19. The summed E-state index contributed by atoms with van der Waals surface area (Å²) in [6.07, 6.45) is 2.28. The number of hydrogen-bond acceptors (Lipinski definition) is 2. The molecular weight excluding hydrogens is 138 g/mol. The summed E-state index contributed by atoms with van der Waals surface area (Å²) in [6, 6.07) is 0. The van der Waals surface area contributed by atoms with Gasteiger partial charge < -0.3 is 5.32 Å². The van der Waals surface area contributed by atoms with E-state index in [-0.39, 0.29) is 17.8 Å². The Bertz CT molecular complexity index is 142. The van der Waals surface area contributed by atoms with Crippen molar-refractivity contribution in [3.63, 3.8) is 0 Å². The van der Waals surface area contributed by atoms with Crippen LogP contribution in [0, 0.1) is 5.41 Å². The number of nitrogens with one attached hydrogen (secondary N) is 1. The van der Waals surface area contributed by atoms with Crippen molar-refractivity contribution in [1.29, 1.82) is 0 Å².